The molecule has 0 radical (unpaired) electrons. The fourth-order valence-electron chi connectivity index (χ4n) is 2.75. The van der Waals surface area contributed by atoms with Crippen LogP contribution in [-0.4, -0.2) is 15.0 Å². The summed E-state index contributed by atoms with van der Waals surface area (Å²) < 4.78 is 0. The lowest BCUT2D eigenvalue weighted by atomic mass is 10.1. The number of rotatable bonds is 4. The molecule has 118 valence electrons. The topological polar surface area (TPSA) is 65.4 Å². The summed E-state index contributed by atoms with van der Waals surface area (Å²) in [5, 5.41) is 9.83. The number of hydrogen-bond donors (Lipinski definition) is 1. The lowest BCUT2D eigenvalue weighted by molar-refractivity contribution is 0.785. The molecule has 1 fully saturated rings. The van der Waals surface area contributed by atoms with Crippen molar-refractivity contribution >= 4 is 11.6 Å². The Balaban J connectivity index is 1.82. The maximum absolute atomic E-state index is 9.14. The first-order valence-electron chi connectivity index (χ1n) is 7.94. The van der Waals surface area contributed by atoms with Gasteiger partial charge in [-0.25, -0.2) is 4.98 Å². The molecule has 0 atom stereocenters. The Morgan fingerprint density at radius 1 is 1.21 bits per heavy atom. The van der Waals surface area contributed by atoms with E-state index in [1.54, 1.807) is 18.3 Å². The third-order valence-electron chi connectivity index (χ3n) is 4.20. The van der Waals surface area contributed by atoms with Crippen LogP contribution in [0.2, 0.25) is 5.02 Å². The first-order valence-corrected chi connectivity index (χ1v) is 8.32. The van der Waals surface area contributed by atoms with Crippen LogP contribution in [0.25, 0.3) is 22.6 Å². The predicted molar refractivity (Wildman–Crippen MR) is 93.4 cm³/mol. The van der Waals surface area contributed by atoms with Crippen molar-refractivity contribution in [1.82, 2.24) is 15.0 Å². The fourth-order valence-corrected chi connectivity index (χ4v) is 2.88. The molecule has 1 saturated carbocycles. The number of pyridine rings is 1. The van der Waals surface area contributed by atoms with Crippen molar-refractivity contribution in [3.05, 3.63) is 59.0 Å². The van der Waals surface area contributed by atoms with Gasteiger partial charge in [-0.3, -0.25) is 4.98 Å². The van der Waals surface area contributed by atoms with Crippen LogP contribution in [-0.2, 0) is 6.42 Å². The molecule has 4 nitrogen and oxygen atoms in total. The van der Waals surface area contributed by atoms with Crippen molar-refractivity contribution in [2.75, 3.05) is 0 Å². The van der Waals surface area contributed by atoms with E-state index in [4.69, 9.17) is 21.8 Å². The van der Waals surface area contributed by atoms with Gasteiger partial charge in [-0.2, -0.15) is 5.26 Å². The highest BCUT2D eigenvalue weighted by Gasteiger charge is 2.24. The van der Waals surface area contributed by atoms with E-state index in [2.05, 4.69) is 16.0 Å². The largest absolute Gasteiger partial charge is 0.341 e. The van der Waals surface area contributed by atoms with Gasteiger partial charge in [-0.15, -0.1) is 0 Å². The summed E-state index contributed by atoms with van der Waals surface area (Å²) in [6.07, 6.45) is 5.15. The van der Waals surface area contributed by atoms with E-state index in [9.17, 15) is 0 Å². The van der Waals surface area contributed by atoms with E-state index >= 15 is 0 Å². The number of benzene rings is 1. The lowest BCUT2D eigenvalue weighted by Crippen LogP contribution is -1.90. The maximum Gasteiger partial charge on any atom is 0.115 e. The zero-order valence-electron chi connectivity index (χ0n) is 13.0. The van der Waals surface area contributed by atoms with Crippen LogP contribution in [0.1, 0.15) is 24.2 Å². The summed E-state index contributed by atoms with van der Waals surface area (Å²) in [6.45, 7) is 0. The van der Waals surface area contributed by atoms with Crippen molar-refractivity contribution in [2.24, 2.45) is 5.92 Å². The third kappa shape index (κ3) is 3.04. The quantitative estimate of drug-likeness (QED) is 0.757. The van der Waals surface area contributed by atoms with Gasteiger partial charge in [0, 0.05) is 23.2 Å². The lowest BCUT2D eigenvalue weighted by Gasteiger charge is -2.03. The zero-order valence-corrected chi connectivity index (χ0v) is 13.7. The molecular formula is C19H15ClN4. The van der Waals surface area contributed by atoms with Gasteiger partial charge in [0.15, 0.2) is 0 Å². The predicted octanol–water partition coefficient (Wildman–Crippen LogP) is 4.62. The van der Waals surface area contributed by atoms with Gasteiger partial charge in [0.2, 0.25) is 0 Å². The summed E-state index contributed by atoms with van der Waals surface area (Å²) in [7, 11) is 0. The number of nitriles is 1. The molecule has 1 aliphatic carbocycles. The van der Waals surface area contributed by atoms with Gasteiger partial charge in [-0.05, 0) is 43.0 Å². The molecule has 5 heteroatoms. The number of nitrogens with one attached hydrogen (secondary N) is 1. The van der Waals surface area contributed by atoms with E-state index in [1.807, 2.05) is 24.3 Å². The second-order valence-corrected chi connectivity index (χ2v) is 6.54. The number of halogens is 1. The number of imidazole rings is 1. The Kier molecular flexibility index (Phi) is 3.79. The van der Waals surface area contributed by atoms with Crippen molar-refractivity contribution in [3.63, 3.8) is 0 Å². The van der Waals surface area contributed by atoms with E-state index in [0.29, 0.717) is 16.3 Å². The molecule has 2 aromatic heterocycles. The molecule has 0 unspecified atom stereocenters. The summed E-state index contributed by atoms with van der Waals surface area (Å²) >= 11 is 6.00. The average Bonchev–Trinajstić information content (AvgIpc) is 3.32. The maximum atomic E-state index is 9.14. The van der Waals surface area contributed by atoms with Crippen LogP contribution in [0.5, 0.6) is 0 Å². The van der Waals surface area contributed by atoms with Gasteiger partial charge in [-0.1, -0.05) is 23.7 Å². The molecule has 0 amide bonds. The molecule has 1 aliphatic rings. The molecule has 0 saturated heterocycles. The molecular weight excluding hydrogens is 320 g/mol. The first kappa shape index (κ1) is 14.9. The summed E-state index contributed by atoms with van der Waals surface area (Å²) in [5.41, 5.74) is 3.99. The molecule has 3 aromatic rings. The molecule has 0 spiro atoms. The second-order valence-electron chi connectivity index (χ2n) is 6.10. The van der Waals surface area contributed by atoms with Gasteiger partial charge in [0.25, 0.3) is 0 Å². The van der Waals surface area contributed by atoms with Gasteiger partial charge >= 0.3 is 0 Å². The molecule has 2 heterocycles. The van der Waals surface area contributed by atoms with Crippen LogP contribution in [0.15, 0.2) is 42.6 Å². The summed E-state index contributed by atoms with van der Waals surface area (Å²) in [4.78, 5) is 12.6. The highest BCUT2D eigenvalue weighted by molar-refractivity contribution is 6.30. The average molecular weight is 335 g/mol. The van der Waals surface area contributed by atoms with Crippen molar-refractivity contribution in [3.8, 4) is 28.7 Å². The highest BCUT2D eigenvalue weighted by atomic mass is 35.5. The minimum absolute atomic E-state index is 0.578. The summed E-state index contributed by atoms with van der Waals surface area (Å²) in [5.74, 6) is 1.71. The molecule has 24 heavy (non-hydrogen) atoms. The van der Waals surface area contributed by atoms with E-state index < -0.39 is 0 Å². The van der Waals surface area contributed by atoms with Crippen LogP contribution in [0.3, 0.4) is 0 Å². The normalized spacial score (nSPS) is 13.7. The Morgan fingerprint density at radius 3 is 2.71 bits per heavy atom. The van der Waals surface area contributed by atoms with E-state index in [1.165, 1.54) is 12.8 Å². The number of H-pyrrole nitrogens is 1. The Hall–Kier alpha value is -2.64. The van der Waals surface area contributed by atoms with E-state index in [-0.39, 0.29) is 0 Å². The minimum Gasteiger partial charge on any atom is -0.341 e. The first-order chi connectivity index (χ1) is 11.7. The summed E-state index contributed by atoms with van der Waals surface area (Å²) in [6, 6.07) is 13.3. The molecule has 0 bridgehead atoms. The molecule has 1 N–H and O–H groups in total. The van der Waals surface area contributed by atoms with Crippen LogP contribution < -0.4 is 0 Å². The molecule has 4 rings (SSSR count). The number of aromatic amines is 1. The number of hydrogen-bond acceptors (Lipinski definition) is 3. The van der Waals surface area contributed by atoms with Crippen LogP contribution >= 0.6 is 11.6 Å². The smallest absolute Gasteiger partial charge is 0.115 e. The van der Waals surface area contributed by atoms with Crippen molar-refractivity contribution in [2.45, 2.75) is 19.3 Å². The number of aromatic nitrogens is 3. The standard InChI is InChI=1S/C19H15ClN4/c20-15-5-3-14(4-6-15)18-19(16-9-13(11-21)7-8-22-16)24-17(23-18)10-12-1-2-12/h3-9,12H,1-2,10H2,(H,23,24). The fraction of sp³-hybridized carbons (Fsp3) is 0.211. The Morgan fingerprint density at radius 2 is 2.00 bits per heavy atom. The van der Waals surface area contributed by atoms with Crippen LogP contribution in [0.4, 0.5) is 0 Å². The molecule has 0 aliphatic heterocycles. The van der Waals surface area contributed by atoms with Gasteiger partial charge in [0.1, 0.15) is 11.5 Å². The monoisotopic (exact) mass is 334 g/mol. The molecule has 1 aromatic carbocycles. The van der Waals surface area contributed by atoms with Gasteiger partial charge < -0.3 is 4.98 Å². The minimum atomic E-state index is 0.578. The third-order valence-corrected chi connectivity index (χ3v) is 4.45. The van der Waals surface area contributed by atoms with Crippen molar-refractivity contribution < 1.29 is 0 Å². The number of nitrogens with zero attached hydrogens (tertiary/aromatic N) is 3. The second kappa shape index (κ2) is 6.10. The van der Waals surface area contributed by atoms with Gasteiger partial charge in [0.05, 0.1) is 23.0 Å². The van der Waals surface area contributed by atoms with Crippen LogP contribution in [0, 0.1) is 17.2 Å². The van der Waals surface area contributed by atoms with Crippen molar-refractivity contribution in [1.29, 1.82) is 5.26 Å². The SMILES string of the molecule is N#Cc1ccnc(-c2nc(CC3CC3)[nH]c2-c2ccc(Cl)cc2)c1. The van der Waals surface area contributed by atoms with E-state index in [0.717, 1.165) is 35.1 Å². The zero-order chi connectivity index (χ0) is 16.5. The highest BCUT2D eigenvalue weighted by Crippen LogP contribution is 2.35. The Labute approximate surface area is 145 Å². The Bertz CT molecular complexity index is 917.